The first-order valence-electron chi connectivity index (χ1n) is 11.2. The van der Waals surface area contributed by atoms with Gasteiger partial charge < -0.3 is 10.1 Å². The van der Waals surface area contributed by atoms with Gasteiger partial charge in [-0.1, -0.05) is 17.3 Å². The monoisotopic (exact) mass is 432 g/mol. The number of rotatable bonds is 6. The smallest absolute Gasteiger partial charge is 0.273 e. The van der Waals surface area contributed by atoms with Crippen LogP contribution in [0.4, 0.5) is 0 Å². The molecule has 1 N–H and O–H groups in total. The van der Waals surface area contributed by atoms with Gasteiger partial charge in [-0.25, -0.2) is 4.68 Å². The van der Waals surface area contributed by atoms with Crippen LogP contribution in [0.15, 0.2) is 42.7 Å². The van der Waals surface area contributed by atoms with E-state index in [4.69, 9.17) is 4.74 Å². The average Bonchev–Trinajstić information content (AvgIpc) is 3.47. The van der Waals surface area contributed by atoms with Crippen LogP contribution in [0, 0.1) is 6.92 Å². The number of nitrogens with one attached hydrogen (secondary N) is 1. The van der Waals surface area contributed by atoms with E-state index in [1.807, 2.05) is 19.3 Å². The van der Waals surface area contributed by atoms with Gasteiger partial charge in [0.1, 0.15) is 0 Å². The molecule has 5 rings (SSSR count). The van der Waals surface area contributed by atoms with Gasteiger partial charge in [-0.05, 0) is 61.1 Å². The van der Waals surface area contributed by atoms with E-state index < -0.39 is 0 Å². The van der Waals surface area contributed by atoms with Crippen LogP contribution in [-0.2, 0) is 24.2 Å². The number of nitrogens with zero attached hydrogens (tertiary/aromatic N) is 5. The number of fused-ring (bicyclic) bond motifs is 1. The summed E-state index contributed by atoms with van der Waals surface area (Å²) in [6.45, 7) is 5.94. The molecule has 4 heterocycles. The Kier molecular flexibility index (Phi) is 5.96. The number of amides is 1. The Labute approximate surface area is 187 Å². The Hall–Kier alpha value is -3.10. The number of hydrogen-bond acceptors (Lipinski definition) is 6. The third-order valence-corrected chi connectivity index (χ3v) is 6.33. The summed E-state index contributed by atoms with van der Waals surface area (Å²) < 4.78 is 7.39. The van der Waals surface area contributed by atoms with Crippen molar-refractivity contribution < 1.29 is 9.53 Å². The zero-order valence-corrected chi connectivity index (χ0v) is 18.3. The van der Waals surface area contributed by atoms with Crippen LogP contribution in [0.5, 0.6) is 0 Å². The lowest BCUT2D eigenvalue weighted by Gasteiger charge is -2.30. The zero-order chi connectivity index (χ0) is 21.9. The first-order valence-corrected chi connectivity index (χ1v) is 11.2. The van der Waals surface area contributed by atoms with Gasteiger partial charge >= 0.3 is 0 Å². The quantitative estimate of drug-likeness (QED) is 0.644. The Morgan fingerprint density at radius 2 is 2.12 bits per heavy atom. The van der Waals surface area contributed by atoms with E-state index in [0.29, 0.717) is 12.2 Å². The summed E-state index contributed by atoms with van der Waals surface area (Å²) in [7, 11) is 0. The summed E-state index contributed by atoms with van der Waals surface area (Å²) in [5.41, 5.74) is 5.97. The molecule has 0 saturated carbocycles. The Balaban J connectivity index is 1.32. The maximum absolute atomic E-state index is 12.7. The van der Waals surface area contributed by atoms with Crippen molar-refractivity contribution >= 4 is 5.91 Å². The summed E-state index contributed by atoms with van der Waals surface area (Å²) in [6.07, 6.45) is 6.75. The van der Waals surface area contributed by atoms with Gasteiger partial charge in [-0.2, -0.15) is 0 Å². The third kappa shape index (κ3) is 4.28. The second-order valence-corrected chi connectivity index (χ2v) is 8.51. The summed E-state index contributed by atoms with van der Waals surface area (Å²) in [5, 5.41) is 11.5. The topological polar surface area (TPSA) is 85.2 Å². The molecule has 1 atom stereocenters. The molecule has 1 aromatic carbocycles. The maximum Gasteiger partial charge on any atom is 0.273 e. The Morgan fingerprint density at radius 1 is 1.25 bits per heavy atom. The van der Waals surface area contributed by atoms with E-state index >= 15 is 0 Å². The minimum absolute atomic E-state index is 0.102. The van der Waals surface area contributed by atoms with Crippen molar-refractivity contribution in [2.24, 2.45) is 0 Å². The fraction of sp³-hybridized carbons (Fsp3) is 0.417. The van der Waals surface area contributed by atoms with Crippen LogP contribution in [-0.4, -0.2) is 56.6 Å². The van der Waals surface area contributed by atoms with E-state index in [2.05, 4.69) is 55.8 Å². The van der Waals surface area contributed by atoms with Crippen LogP contribution >= 0.6 is 0 Å². The number of hydrogen-bond donors (Lipinski definition) is 1. The SMILES string of the molecule is Cc1c(C(=O)NC[C@@H]2CCCO2)nnn1-c1cccc2c1CCN(Cc1ccncc1)C2. The zero-order valence-electron chi connectivity index (χ0n) is 18.3. The van der Waals surface area contributed by atoms with E-state index in [0.717, 1.165) is 56.9 Å². The first kappa shape index (κ1) is 20.8. The summed E-state index contributed by atoms with van der Waals surface area (Å²) in [6, 6.07) is 10.4. The fourth-order valence-corrected chi connectivity index (χ4v) is 4.59. The molecular weight excluding hydrogens is 404 g/mol. The highest BCUT2D eigenvalue weighted by Crippen LogP contribution is 2.27. The molecule has 166 valence electrons. The Morgan fingerprint density at radius 3 is 2.94 bits per heavy atom. The maximum atomic E-state index is 12.7. The second kappa shape index (κ2) is 9.18. The largest absolute Gasteiger partial charge is 0.376 e. The molecular formula is C24H28N6O2. The molecule has 0 aliphatic carbocycles. The minimum Gasteiger partial charge on any atom is -0.376 e. The highest BCUT2D eigenvalue weighted by atomic mass is 16.5. The molecule has 1 saturated heterocycles. The van der Waals surface area contributed by atoms with E-state index in [9.17, 15) is 4.79 Å². The normalized spacial score (nSPS) is 18.5. The molecule has 2 aliphatic rings. The molecule has 0 unspecified atom stereocenters. The van der Waals surface area contributed by atoms with Crippen molar-refractivity contribution in [3.05, 3.63) is 70.8 Å². The highest BCUT2D eigenvalue weighted by Gasteiger charge is 2.24. The molecule has 8 heteroatoms. The molecule has 2 aliphatic heterocycles. The van der Waals surface area contributed by atoms with Gasteiger partial charge in [0, 0.05) is 45.2 Å². The summed E-state index contributed by atoms with van der Waals surface area (Å²) in [5.74, 6) is -0.197. The van der Waals surface area contributed by atoms with E-state index in [-0.39, 0.29) is 12.0 Å². The van der Waals surface area contributed by atoms with Crippen LogP contribution < -0.4 is 5.32 Å². The van der Waals surface area contributed by atoms with Crippen molar-refractivity contribution in [2.75, 3.05) is 19.7 Å². The van der Waals surface area contributed by atoms with Gasteiger partial charge in [0.05, 0.1) is 17.5 Å². The molecule has 0 spiro atoms. The van der Waals surface area contributed by atoms with Crippen molar-refractivity contribution in [2.45, 2.75) is 45.4 Å². The third-order valence-electron chi connectivity index (χ3n) is 6.33. The number of aromatic nitrogens is 4. The van der Waals surface area contributed by atoms with Crippen LogP contribution in [0.25, 0.3) is 5.69 Å². The molecule has 1 amide bonds. The predicted molar refractivity (Wildman–Crippen MR) is 119 cm³/mol. The first-order chi connectivity index (χ1) is 15.7. The van der Waals surface area contributed by atoms with Crippen molar-refractivity contribution in [3.63, 3.8) is 0 Å². The lowest BCUT2D eigenvalue weighted by atomic mass is 9.97. The molecule has 0 bridgehead atoms. The standard InChI is InChI=1S/C24H28N6O2/c1-17-23(24(31)26-14-20-5-3-13-32-20)27-28-30(17)22-6-2-4-19-16-29(12-9-21(19)22)15-18-7-10-25-11-8-18/h2,4,6-8,10-11,20H,3,5,9,12-16H2,1H3,(H,26,31)/t20-/m0/s1. The molecule has 8 nitrogen and oxygen atoms in total. The van der Waals surface area contributed by atoms with Gasteiger partial charge in [-0.15, -0.1) is 5.10 Å². The number of pyridine rings is 1. The summed E-state index contributed by atoms with van der Waals surface area (Å²) in [4.78, 5) is 19.2. The average molecular weight is 433 g/mol. The van der Waals surface area contributed by atoms with Crippen molar-refractivity contribution in [1.29, 1.82) is 0 Å². The van der Waals surface area contributed by atoms with E-state index in [1.165, 1.54) is 16.7 Å². The van der Waals surface area contributed by atoms with Crippen LogP contribution in [0.2, 0.25) is 0 Å². The highest BCUT2D eigenvalue weighted by molar-refractivity contribution is 5.93. The van der Waals surface area contributed by atoms with Crippen LogP contribution in [0.1, 0.15) is 45.7 Å². The van der Waals surface area contributed by atoms with Crippen molar-refractivity contribution in [3.8, 4) is 5.69 Å². The number of benzene rings is 1. The molecule has 0 radical (unpaired) electrons. The van der Waals surface area contributed by atoms with E-state index in [1.54, 1.807) is 4.68 Å². The second-order valence-electron chi connectivity index (χ2n) is 8.51. The van der Waals surface area contributed by atoms with Gasteiger partial charge in [0.15, 0.2) is 5.69 Å². The number of carbonyl (C=O) groups excluding carboxylic acids is 1. The van der Waals surface area contributed by atoms with Gasteiger partial charge in [0.25, 0.3) is 5.91 Å². The van der Waals surface area contributed by atoms with Gasteiger partial charge in [-0.3, -0.25) is 14.7 Å². The van der Waals surface area contributed by atoms with Crippen LogP contribution in [0.3, 0.4) is 0 Å². The predicted octanol–water partition coefficient (Wildman–Crippen LogP) is 2.44. The van der Waals surface area contributed by atoms with Gasteiger partial charge in [0.2, 0.25) is 0 Å². The molecule has 3 aromatic rings. The Bertz CT molecular complexity index is 1090. The molecule has 2 aromatic heterocycles. The minimum atomic E-state index is -0.197. The molecule has 32 heavy (non-hydrogen) atoms. The lowest BCUT2D eigenvalue weighted by Crippen LogP contribution is -2.32. The lowest BCUT2D eigenvalue weighted by molar-refractivity contribution is 0.0853. The molecule has 1 fully saturated rings. The fourth-order valence-electron chi connectivity index (χ4n) is 4.59. The van der Waals surface area contributed by atoms with Crippen molar-refractivity contribution in [1.82, 2.24) is 30.2 Å². The number of carbonyl (C=O) groups is 1. The summed E-state index contributed by atoms with van der Waals surface area (Å²) >= 11 is 0. The number of ether oxygens (including phenoxy) is 1.